The Bertz CT molecular complexity index is 183. The van der Waals surface area contributed by atoms with Crippen molar-refractivity contribution >= 4 is 0 Å². The summed E-state index contributed by atoms with van der Waals surface area (Å²) in [4.78, 5) is 9.39. The van der Waals surface area contributed by atoms with Gasteiger partial charge in [0.1, 0.15) is 13.2 Å². The number of hydrogen-bond donors (Lipinski definition) is 0. The number of hydrogen-bond acceptors (Lipinski definition) is 3. The van der Waals surface area contributed by atoms with Gasteiger partial charge in [-0.2, -0.15) is 0 Å². The van der Waals surface area contributed by atoms with Crippen molar-refractivity contribution in [2.75, 3.05) is 0 Å². The van der Waals surface area contributed by atoms with Gasteiger partial charge in [-0.3, -0.25) is 0 Å². The van der Waals surface area contributed by atoms with Crippen LogP contribution in [-0.2, 0) is 23.0 Å². The fourth-order valence-electron chi connectivity index (χ4n) is 0.813. The van der Waals surface area contributed by atoms with Gasteiger partial charge in [0.25, 0.3) is 0 Å². The van der Waals surface area contributed by atoms with Crippen LogP contribution >= 0.6 is 0 Å². The van der Waals surface area contributed by atoms with E-state index in [1.54, 1.807) is 12.5 Å². The van der Waals surface area contributed by atoms with Crippen molar-refractivity contribution in [1.29, 1.82) is 0 Å². The summed E-state index contributed by atoms with van der Waals surface area (Å²) < 4.78 is 4.91. The highest BCUT2D eigenvalue weighted by Gasteiger charge is 2.10. The molecule has 3 heteroatoms. The van der Waals surface area contributed by atoms with Gasteiger partial charge >= 0.3 is 0 Å². The molecule has 1 aromatic rings. The Morgan fingerprint density at radius 2 is 1.56 bits per heavy atom. The Morgan fingerprint density at radius 3 is 2.11 bits per heavy atom. The van der Waals surface area contributed by atoms with E-state index in [2.05, 4.69) is 0 Å². The molecule has 0 spiro atoms. The third-order valence-corrected chi connectivity index (χ3v) is 1.35. The zero-order chi connectivity index (χ0) is 6.10. The summed E-state index contributed by atoms with van der Waals surface area (Å²) >= 11 is 0. The maximum Gasteiger partial charge on any atom is 0.111 e. The third-order valence-electron chi connectivity index (χ3n) is 1.35. The molecule has 9 heavy (non-hydrogen) atoms. The van der Waals surface area contributed by atoms with Gasteiger partial charge in [0.2, 0.25) is 0 Å². The van der Waals surface area contributed by atoms with Crippen LogP contribution in [0.15, 0.2) is 16.9 Å². The minimum atomic E-state index is 0.506. The van der Waals surface area contributed by atoms with Gasteiger partial charge in [-0.1, -0.05) is 0 Å². The van der Waals surface area contributed by atoms with Crippen molar-refractivity contribution in [3.63, 3.8) is 0 Å². The van der Waals surface area contributed by atoms with Crippen LogP contribution < -0.4 is 0 Å². The molecule has 0 aliphatic carbocycles. The van der Waals surface area contributed by atoms with Gasteiger partial charge in [0.05, 0.1) is 12.5 Å². The third kappa shape index (κ3) is 0.742. The summed E-state index contributed by atoms with van der Waals surface area (Å²) in [5, 5.41) is 0. The van der Waals surface area contributed by atoms with Crippen molar-refractivity contribution < 1.29 is 14.2 Å². The van der Waals surface area contributed by atoms with Crippen LogP contribution in [0.2, 0.25) is 0 Å². The molecule has 0 atom stereocenters. The molecule has 0 unspecified atom stereocenters. The molecule has 0 N–H and O–H groups in total. The Hall–Kier alpha value is -0.800. The van der Waals surface area contributed by atoms with Gasteiger partial charge in [0, 0.05) is 11.1 Å². The fourth-order valence-corrected chi connectivity index (χ4v) is 0.813. The van der Waals surface area contributed by atoms with Crippen molar-refractivity contribution in [2.24, 2.45) is 0 Å². The number of fused-ring (bicyclic) bond motifs is 1. The first-order chi connectivity index (χ1) is 4.47. The highest BCUT2D eigenvalue weighted by atomic mass is 17.2. The zero-order valence-corrected chi connectivity index (χ0v) is 4.79. The summed E-state index contributed by atoms with van der Waals surface area (Å²) in [6.07, 6.45) is 3.36. The molecule has 1 aromatic heterocycles. The fraction of sp³-hybridized carbons (Fsp3) is 0.333. The molecule has 0 saturated heterocycles. The molecule has 0 aromatic carbocycles. The van der Waals surface area contributed by atoms with Crippen LogP contribution in [-0.4, -0.2) is 0 Å². The molecule has 3 nitrogen and oxygen atoms in total. The van der Waals surface area contributed by atoms with Crippen LogP contribution in [0.3, 0.4) is 0 Å². The maximum absolute atomic E-state index is 4.91. The van der Waals surface area contributed by atoms with Gasteiger partial charge in [-0.15, -0.1) is 0 Å². The summed E-state index contributed by atoms with van der Waals surface area (Å²) in [7, 11) is 0. The monoisotopic (exact) mass is 126 g/mol. The highest BCUT2D eigenvalue weighted by Crippen LogP contribution is 2.17. The maximum atomic E-state index is 4.91. The molecule has 0 bridgehead atoms. The predicted octanol–water partition coefficient (Wildman–Crippen LogP) is 1.24. The van der Waals surface area contributed by atoms with Crippen molar-refractivity contribution in [3.8, 4) is 0 Å². The van der Waals surface area contributed by atoms with Crippen LogP contribution in [0.5, 0.6) is 0 Å². The van der Waals surface area contributed by atoms with E-state index in [-0.39, 0.29) is 0 Å². The van der Waals surface area contributed by atoms with Gasteiger partial charge in [-0.05, 0) is 0 Å². The van der Waals surface area contributed by atoms with E-state index in [4.69, 9.17) is 14.2 Å². The minimum absolute atomic E-state index is 0.506. The lowest BCUT2D eigenvalue weighted by Crippen LogP contribution is -2.03. The summed E-state index contributed by atoms with van der Waals surface area (Å²) in [6.45, 7) is 1.01. The van der Waals surface area contributed by atoms with E-state index in [1.807, 2.05) is 0 Å². The van der Waals surface area contributed by atoms with E-state index in [0.29, 0.717) is 13.2 Å². The summed E-state index contributed by atoms with van der Waals surface area (Å²) in [5.74, 6) is 0. The molecule has 1 aliphatic heterocycles. The van der Waals surface area contributed by atoms with Crippen molar-refractivity contribution in [2.45, 2.75) is 13.2 Å². The van der Waals surface area contributed by atoms with E-state index >= 15 is 0 Å². The first kappa shape index (κ1) is 5.02. The predicted molar refractivity (Wildman–Crippen MR) is 28.3 cm³/mol. The zero-order valence-electron chi connectivity index (χ0n) is 4.79. The molecule has 2 rings (SSSR count). The second-order valence-electron chi connectivity index (χ2n) is 1.95. The second kappa shape index (κ2) is 1.86. The quantitative estimate of drug-likeness (QED) is 0.490. The molecule has 0 amide bonds. The number of furan rings is 1. The van der Waals surface area contributed by atoms with E-state index in [1.165, 1.54) is 0 Å². The standard InChI is InChI=1S/C6H6O3/c1-5-3-8-9-4-6(5)2-7-1/h1-2H,3-4H2. The first-order valence-electron chi connectivity index (χ1n) is 2.75. The van der Waals surface area contributed by atoms with Gasteiger partial charge < -0.3 is 4.42 Å². The normalized spacial score (nSPS) is 17.3. The Labute approximate surface area is 52.1 Å². The summed E-state index contributed by atoms with van der Waals surface area (Å²) in [6, 6.07) is 0. The molecule has 1 aliphatic rings. The molecule has 0 radical (unpaired) electrons. The SMILES string of the molecule is c1occ2c1COOC2. The lowest BCUT2D eigenvalue weighted by Gasteiger charge is -2.08. The van der Waals surface area contributed by atoms with E-state index in [9.17, 15) is 0 Å². The van der Waals surface area contributed by atoms with Crippen LogP contribution in [0.25, 0.3) is 0 Å². The molecule has 48 valence electrons. The molecule has 0 saturated carbocycles. The molecule has 2 heterocycles. The topological polar surface area (TPSA) is 31.6 Å². The average Bonchev–Trinajstić information content (AvgIpc) is 2.33. The average molecular weight is 126 g/mol. The van der Waals surface area contributed by atoms with E-state index < -0.39 is 0 Å². The van der Waals surface area contributed by atoms with Gasteiger partial charge in [-0.25, -0.2) is 9.78 Å². The van der Waals surface area contributed by atoms with E-state index in [0.717, 1.165) is 11.1 Å². The second-order valence-corrected chi connectivity index (χ2v) is 1.95. The summed E-state index contributed by atoms with van der Waals surface area (Å²) in [5.41, 5.74) is 2.17. The number of rotatable bonds is 0. The van der Waals surface area contributed by atoms with Crippen LogP contribution in [0, 0.1) is 0 Å². The minimum Gasteiger partial charge on any atom is -0.472 e. The van der Waals surface area contributed by atoms with Gasteiger partial charge in [0.15, 0.2) is 0 Å². The highest BCUT2D eigenvalue weighted by molar-refractivity contribution is 5.19. The van der Waals surface area contributed by atoms with Crippen LogP contribution in [0.4, 0.5) is 0 Å². The Balaban J connectivity index is 2.39. The van der Waals surface area contributed by atoms with Crippen molar-refractivity contribution in [1.82, 2.24) is 0 Å². The largest absolute Gasteiger partial charge is 0.472 e. The first-order valence-corrected chi connectivity index (χ1v) is 2.75. The lowest BCUT2D eigenvalue weighted by molar-refractivity contribution is -0.321. The lowest BCUT2D eigenvalue weighted by atomic mass is 10.2. The Kier molecular flexibility index (Phi) is 1.04. The Morgan fingerprint density at radius 1 is 1.00 bits per heavy atom. The van der Waals surface area contributed by atoms with Crippen LogP contribution in [0.1, 0.15) is 11.1 Å². The molecular weight excluding hydrogens is 120 g/mol. The molecule has 0 fully saturated rings. The van der Waals surface area contributed by atoms with Crippen molar-refractivity contribution in [3.05, 3.63) is 23.7 Å². The molecular formula is C6H6O3. The smallest absolute Gasteiger partial charge is 0.111 e.